The third kappa shape index (κ3) is 5.78. The molecule has 4 nitrogen and oxygen atoms in total. The summed E-state index contributed by atoms with van der Waals surface area (Å²) in [5.41, 5.74) is 1.07. The number of amides is 1. The Morgan fingerprint density at radius 1 is 0.966 bits per heavy atom. The largest absolute Gasteiger partial charge is 0.359 e. The molecule has 0 fully saturated rings. The van der Waals surface area contributed by atoms with E-state index in [-0.39, 0.29) is 5.57 Å². The van der Waals surface area contributed by atoms with Crippen LogP contribution in [0.4, 0.5) is 11.4 Å². The number of hydrogen-bond acceptors (Lipinski definition) is 4. The van der Waals surface area contributed by atoms with Gasteiger partial charge in [0.15, 0.2) is 0 Å². The maximum atomic E-state index is 12.4. The molecule has 0 aliphatic rings. The zero-order chi connectivity index (χ0) is 20.6. The van der Waals surface area contributed by atoms with E-state index >= 15 is 0 Å². The van der Waals surface area contributed by atoms with Gasteiger partial charge in [0.05, 0.1) is 16.4 Å². The highest BCUT2D eigenvalue weighted by atomic mass is 35.5. The smallest absolute Gasteiger partial charge is 0.267 e. The van der Waals surface area contributed by atoms with E-state index in [0.717, 1.165) is 15.5 Å². The first kappa shape index (κ1) is 20.8. The van der Waals surface area contributed by atoms with Gasteiger partial charge in [0.1, 0.15) is 11.6 Å². The van der Waals surface area contributed by atoms with Crippen LogP contribution in [0.15, 0.2) is 94.4 Å². The van der Waals surface area contributed by atoms with Gasteiger partial charge in [-0.2, -0.15) is 5.26 Å². The zero-order valence-corrected chi connectivity index (χ0v) is 17.4. The third-order valence-electron chi connectivity index (χ3n) is 3.77. The van der Waals surface area contributed by atoms with Crippen molar-refractivity contribution in [3.63, 3.8) is 0 Å². The van der Waals surface area contributed by atoms with E-state index in [1.807, 2.05) is 60.7 Å². The summed E-state index contributed by atoms with van der Waals surface area (Å²) in [6, 6.07) is 24.2. The number of para-hydroxylation sites is 1. The van der Waals surface area contributed by atoms with Crippen LogP contribution in [-0.2, 0) is 4.79 Å². The molecule has 3 rings (SSSR count). The molecular formula is C22H15Cl2N3OS. The van der Waals surface area contributed by atoms with Crippen molar-refractivity contribution in [1.82, 2.24) is 0 Å². The van der Waals surface area contributed by atoms with Crippen molar-refractivity contribution in [2.75, 3.05) is 10.6 Å². The van der Waals surface area contributed by atoms with Gasteiger partial charge in [0.2, 0.25) is 0 Å². The van der Waals surface area contributed by atoms with Gasteiger partial charge >= 0.3 is 0 Å². The van der Waals surface area contributed by atoms with Crippen LogP contribution in [0.2, 0.25) is 10.0 Å². The van der Waals surface area contributed by atoms with Crippen molar-refractivity contribution >= 4 is 52.2 Å². The second-order valence-electron chi connectivity index (χ2n) is 5.80. The van der Waals surface area contributed by atoms with Crippen molar-refractivity contribution in [1.29, 1.82) is 5.26 Å². The summed E-state index contributed by atoms with van der Waals surface area (Å²) in [6.07, 6.45) is 1.38. The Balaban J connectivity index is 1.75. The Morgan fingerprint density at radius 2 is 1.69 bits per heavy atom. The van der Waals surface area contributed by atoms with Crippen LogP contribution < -0.4 is 10.6 Å². The molecule has 0 bridgehead atoms. The van der Waals surface area contributed by atoms with E-state index in [4.69, 9.17) is 23.2 Å². The van der Waals surface area contributed by atoms with Crippen molar-refractivity contribution in [3.8, 4) is 6.07 Å². The highest BCUT2D eigenvalue weighted by Crippen LogP contribution is 2.33. The molecule has 0 saturated heterocycles. The molecule has 3 aromatic carbocycles. The molecular weight excluding hydrogens is 425 g/mol. The lowest BCUT2D eigenvalue weighted by atomic mass is 10.2. The monoisotopic (exact) mass is 439 g/mol. The SMILES string of the molecule is N#C/C(=C/Nc1ccccc1Sc1ccccc1)C(=O)Nc1ccc(Cl)cc1Cl. The maximum absolute atomic E-state index is 12.4. The number of carbonyl (C=O) groups is 1. The highest BCUT2D eigenvalue weighted by molar-refractivity contribution is 7.99. The number of nitrogens with one attached hydrogen (secondary N) is 2. The highest BCUT2D eigenvalue weighted by Gasteiger charge is 2.12. The van der Waals surface area contributed by atoms with Crippen molar-refractivity contribution in [3.05, 3.63) is 94.6 Å². The summed E-state index contributed by atoms with van der Waals surface area (Å²) >= 11 is 13.5. The molecule has 0 radical (unpaired) electrons. The van der Waals surface area contributed by atoms with E-state index in [9.17, 15) is 10.1 Å². The van der Waals surface area contributed by atoms with Crippen molar-refractivity contribution < 1.29 is 4.79 Å². The first-order valence-electron chi connectivity index (χ1n) is 8.52. The first-order valence-corrected chi connectivity index (χ1v) is 10.1. The van der Waals surface area contributed by atoms with E-state index in [1.165, 1.54) is 12.3 Å². The molecule has 7 heteroatoms. The first-order chi connectivity index (χ1) is 14.1. The normalized spacial score (nSPS) is 10.9. The van der Waals surface area contributed by atoms with Crippen LogP contribution in [0, 0.1) is 11.3 Å². The molecule has 0 aliphatic heterocycles. The quantitative estimate of drug-likeness (QED) is 0.335. The minimum Gasteiger partial charge on any atom is -0.359 e. The van der Waals surface area contributed by atoms with E-state index in [0.29, 0.717) is 15.7 Å². The number of carbonyl (C=O) groups excluding carboxylic acids is 1. The lowest BCUT2D eigenvalue weighted by Gasteiger charge is -2.10. The molecule has 0 unspecified atom stereocenters. The number of nitrogens with zero attached hydrogens (tertiary/aromatic N) is 1. The molecule has 0 saturated carbocycles. The van der Waals surface area contributed by atoms with Crippen LogP contribution in [-0.4, -0.2) is 5.91 Å². The number of benzene rings is 3. The van der Waals surface area contributed by atoms with Gasteiger partial charge in [-0.1, -0.05) is 65.3 Å². The summed E-state index contributed by atoms with van der Waals surface area (Å²) in [7, 11) is 0. The summed E-state index contributed by atoms with van der Waals surface area (Å²) < 4.78 is 0. The maximum Gasteiger partial charge on any atom is 0.267 e. The summed E-state index contributed by atoms with van der Waals surface area (Å²) in [4.78, 5) is 14.5. The molecule has 2 N–H and O–H groups in total. The molecule has 0 heterocycles. The van der Waals surface area contributed by atoms with Gasteiger partial charge in [-0.05, 0) is 42.5 Å². The Labute approximate surface area is 183 Å². The number of rotatable bonds is 6. The average Bonchev–Trinajstić information content (AvgIpc) is 2.72. The van der Waals surface area contributed by atoms with E-state index < -0.39 is 5.91 Å². The van der Waals surface area contributed by atoms with Crippen LogP contribution in [0.5, 0.6) is 0 Å². The minimum absolute atomic E-state index is 0.0875. The Hall–Kier alpha value is -2.91. The zero-order valence-electron chi connectivity index (χ0n) is 15.0. The molecule has 0 spiro atoms. The fourth-order valence-corrected chi connectivity index (χ4v) is 3.76. The van der Waals surface area contributed by atoms with E-state index in [1.54, 1.807) is 23.9 Å². The number of hydrogen-bond donors (Lipinski definition) is 2. The fourth-order valence-electron chi connectivity index (χ4n) is 2.37. The van der Waals surface area contributed by atoms with Crippen LogP contribution in [0.1, 0.15) is 0 Å². The summed E-state index contributed by atoms with van der Waals surface area (Å²) in [5, 5.41) is 15.8. The molecule has 0 aromatic heterocycles. The molecule has 0 aliphatic carbocycles. The van der Waals surface area contributed by atoms with Gasteiger partial charge in [-0.25, -0.2) is 0 Å². The van der Waals surface area contributed by atoms with Gasteiger partial charge in [0, 0.05) is 21.0 Å². The van der Waals surface area contributed by atoms with Gasteiger partial charge < -0.3 is 10.6 Å². The number of anilines is 2. The van der Waals surface area contributed by atoms with Crippen LogP contribution >= 0.6 is 35.0 Å². The Bertz CT molecular complexity index is 1090. The third-order valence-corrected chi connectivity index (χ3v) is 5.41. The van der Waals surface area contributed by atoms with Crippen LogP contribution in [0.25, 0.3) is 0 Å². The van der Waals surface area contributed by atoms with Crippen molar-refractivity contribution in [2.45, 2.75) is 9.79 Å². The molecule has 0 atom stereocenters. The Morgan fingerprint density at radius 3 is 2.41 bits per heavy atom. The molecule has 1 amide bonds. The second kappa shape index (κ2) is 10.0. The topological polar surface area (TPSA) is 64.9 Å². The molecule has 29 heavy (non-hydrogen) atoms. The molecule has 144 valence electrons. The van der Waals surface area contributed by atoms with Gasteiger partial charge in [0.25, 0.3) is 5.91 Å². The lowest BCUT2D eigenvalue weighted by Crippen LogP contribution is -2.14. The number of nitriles is 1. The standard InChI is InChI=1S/C22H15Cl2N3OS/c23-16-10-11-19(18(24)12-16)27-22(28)15(13-25)14-26-20-8-4-5-9-21(20)29-17-6-2-1-3-7-17/h1-12,14,26H,(H,27,28)/b15-14-. The predicted molar refractivity (Wildman–Crippen MR) is 119 cm³/mol. The minimum atomic E-state index is -0.572. The summed E-state index contributed by atoms with van der Waals surface area (Å²) in [6.45, 7) is 0. The number of halogens is 2. The van der Waals surface area contributed by atoms with E-state index in [2.05, 4.69) is 10.6 Å². The average molecular weight is 440 g/mol. The van der Waals surface area contributed by atoms with Crippen molar-refractivity contribution in [2.24, 2.45) is 0 Å². The fraction of sp³-hybridized carbons (Fsp3) is 0. The predicted octanol–water partition coefficient (Wildman–Crippen LogP) is 6.60. The van der Waals surface area contributed by atoms with Crippen LogP contribution in [0.3, 0.4) is 0 Å². The van der Waals surface area contributed by atoms with Gasteiger partial charge in [-0.3, -0.25) is 4.79 Å². The second-order valence-corrected chi connectivity index (χ2v) is 7.76. The Kier molecular flexibility index (Phi) is 7.20. The molecule has 3 aromatic rings. The van der Waals surface area contributed by atoms with Gasteiger partial charge in [-0.15, -0.1) is 0 Å². The summed E-state index contributed by atoms with van der Waals surface area (Å²) in [5.74, 6) is -0.572. The lowest BCUT2D eigenvalue weighted by molar-refractivity contribution is -0.112.